The Morgan fingerprint density at radius 1 is 1.00 bits per heavy atom. The second kappa shape index (κ2) is 22.2. The monoisotopic (exact) mass is 872 g/mol. The molecule has 9 atom stereocenters. The molecule has 334 valence electrons. The molecule has 61 heavy (non-hydrogen) atoms. The van der Waals surface area contributed by atoms with Crippen LogP contribution in [0.1, 0.15) is 52.5 Å². The SMILES string of the molecule is CC[C@H](C)[C@H](NC(=O)CN)C(=O)NCC(=O)N[C@H]1CSc2[nH]c3ccccc3c2C[C@@H](C(=O)O)NC(=O)[C@H]([C@@H](C)CC)NC(=O)[C@@H]2C[C@@H](O)CN2C(=O)[C@H](CNC=O)NC1=O. The van der Waals surface area contributed by atoms with Crippen LogP contribution in [0.4, 0.5) is 0 Å². The Morgan fingerprint density at radius 2 is 1.72 bits per heavy atom. The third kappa shape index (κ3) is 12.4. The highest BCUT2D eigenvalue weighted by molar-refractivity contribution is 7.99. The van der Waals surface area contributed by atoms with Crippen molar-refractivity contribution in [2.75, 3.05) is 31.9 Å². The number of nitrogens with two attached hydrogens (primary N) is 1. The van der Waals surface area contributed by atoms with Gasteiger partial charge in [0.2, 0.25) is 47.8 Å². The molecule has 4 rings (SSSR count). The van der Waals surface area contributed by atoms with Crippen LogP contribution >= 0.6 is 11.8 Å². The summed E-state index contributed by atoms with van der Waals surface area (Å²) in [4.78, 5) is 123. The van der Waals surface area contributed by atoms with Gasteiger partial charge >= 0.3 is 5.97 Å². The van der Waals surface area contributed by atoms with Crippen molar-refractivity contribution in [3.05, 3.63) is 29.8 Å². The quantitative estimate of drug-likeness (QED) is 0.0857. The van der Waals surface area contributed by atoms with Crippen molar-refractivity contribution >= 4 is 76.4 Å². The largest absolute Gasteiger partial charge is 0.480 e. The van der Waals surface area contributed by atoms with Crippen LogP contribution in [0.3, 0.4) is 0 Å². The number of hydrogen-bond acceptors (Lipinski definition) is 12. The lowest BCUT2D eigenvalue weighted by atomic mass is 9.96. The molecule has 2 aromatic rings. The molecule has 1 aromatic carbocycles. The molecule has 12 N–H and O–H groups in total. The standard InChI is InChI=1S/C39H56N10O11S/c1-5-19(3)31(47-29(52)13-40)35(56)42-15-30(53)43-27-17-61-37-23(22-9-7-8-10-24(22)46-37)12-25(39(59)60)44-36(57)32(20(4)6-2)48-34(55)28-11-21(51)16-49(28)38(58)26(14-41-18-50)45-33(27)54/h7-10,18-21,25-28,31-32,46,51H,5-6,11-17,40H2,1-4H3,(H,41,50)(H,42,56)(H,43,53)(H,44,57)(H,45,54)(H,47,52)(H,48,55)(H,59,60)/t19-,20-,21+,25-,26-,27-,28-,31-,32-/m0/s1. The molecule has 0 unspecified atom stereocenters. The Kier molecular flexibility index (Phi) is 17.4. The first-order valence-corrected chi connectivity index (χ1v) is 21.1. The number of carboxylic acids is 1. The predicted molar refractivity (Wildman–Crippen MR) is 221 cm³/mol. The molecule has 21 nitrogen and oxygen atoms in total. The number of benzene rings is 1. The van der Waals surface area contributed by atoms with Gasteiger partial charge in [-0.25, -0.2) is 4.79 Å². The van der Waals surface area contributed by atoms with Crippen LogP contribution < -0.4 is 43.0 Å². The van der Waals surface area contributed by atoms with Gasteiger partial charge in [-0.15, -0.1) is 11.8 Å². The van der Waals surface area contributed by atoms with E-state index < -0.39 is 109 Å². The van der Waals surface area contributed by atoms with Crippen molar-refractivity contribution in [3.63, 3.8) is 0 Å². The summed E-state index contributed by atoms with van der Waals surface area (Å²) in [6.07, 6.45) is -0.448. The Balaban J connectivity index is 1.75. The fourth-order valence-corrected chi connectivity index (χ4v) is 8.19. The topological polar surface area (TPSA) is 323 Å². The maximum absolute atomic E-state index is 14.2. The van der Waals surface area contributed by atoms with Crippen molar-refractivity contribution in [1.29, 1.82) is 0 Å². The molecule has 22 heteroatoms. The van der Waals surface area contributed by atoms with Gasteiger partial charge in [-0.2, -0.15) is 0 Å². The minimum Gasteiger partial charge on any atom is -0.480 e. The fourth-order valence-electron chi connectivity index (χ4n) is 7.07. The van der Waals surface area contributed by atoms with E-state index in [0.717, 1.165) is 16.7 Å². The number of nitrogens with one attached hydrogen (secondary N) is 8. The third-order valence-corrected chi connectivity index (χ3v) is 12.1. The zero-order valence-electron chi connectivity index (χ0n) is 34.4. The first-order chi connectivity index (χ1) is 29.0. The molecule has 0 spiro atoms. The molecule has 1 saturated heterocycles. The molecular formula is C39H56N10O11S. The van der Waals surface area contributed by atoms with Crippen molar-refractivity contribution in [2.45, 2.75) is 101 Å². The number of rotatable bonds is 14. The molecule has 0 aliphatic carbocycles. The highest BCUT2D eigenvalue weighted by Crippen LogP contribution is 2.32. The number of aliphatic hydroxyl groups excluding tert-OH is 1. The van der Waals surface area contributed by atoms with Gasteiger partial charge in [0.05, 0.1) is 24.2 Å². The molecule has 1 aromatic heterocycles. The first-order valence-electron chi connectivity index (χ1n) is 20.1. The average Bonchev–Trinajstić information content (AvgIpc) is 3.81. The molecule has 0 bridgehead atoms. The van der Waals surface area contributed by atoms with Crippen molar-refractivity contribution < 1.29 is 53.4 Å². The van der Waals surface area contributed by atoms with Crippen LogP contribution in [0.15, 0.2) is 29.3 Å². The smallest absolute Gasteiger partial charge is 0.326 e. The predicted octanol–water partition coefficient (Wildman–Crippen LogP) is -2.80. The van der Waals surface area contributed by atoms with Crippen molar-refractivity contribution in [2.24, 2.45) is 17.6 Å². The minimum atomic E-state index is -1.52. The molecule has 0 radical (unpaired) electrons. The summed E-state index contributed by atoms with van der Waals surface area (Å²) < 4.78 is 0. The van der Waals surface area contributed by atoms with E-state index in [-0.39, 0.29) is 37.6 Å². The Labute approximate surface area is 356 Å². The lowest BCUT2D eigenvalue weighted by molar-refractivity contribution is -0.144. The van der Waals surface area contributed by atoms with Crippen LogP contribution in [0.25, 0.3) is 10.9 Å². The maximum Gasteiger partial charge on any atom is 0.326 e. The molecule has 0 saturated carbocycles. The van der Waals surface area contributed by atoms with E-state index in [2.05, 4.69) is 42.2 Å². The van der Waals surface area contributed by atoms with Crippen molar-refractivity contribution in [1.82, 2.24) is 47.1 Å². The first kappa shape index (κ1) is 47.9. The molecule has 1 fully saturated rings. The number of nitrogens with zero attached hydrogens (tertiary/aromatic N) is 1. The van der Waals surface area contributed by atoms with Gasteiger partial charge in [0.1, 0.15) is 36.3 Å². The molecular weight excluding hydrogens is 817 g/mol. The number of carboxylic acid groups (broad SMARTS) is 1. The Bertz CT molecular complexity index is 1960. The van der Waals surface area contributed by atoms with E-state index in [1.807, 2.05) is 6.92 Å². The van der Waals surface area contributed by atoms with Gasteiger partial charge in [0, 0.05) is 42.6 Å². The summed E-state index contributed by atoms with van der Waals surface area (Å²) in [5.41, 5.74) is 6.49. The number of thioether (sulfide) groups is 1. The third-order valence-electron chi connectivity index (χ3n) is 10.9. The van der Waals surface area contributed by atoms with Gasteiger partial charge < -0.3 is 63.0 Å². The van der Waals surface area contributed by atoms with Gasteiger partial charge in [-0.1, -0.05) is 58.7 Å². The number of hydrogen-bond donors (Lipinski definition) is 11. The van der Waals surface area contributed by atoms with Crippen molar-refractivity contribution in [3.8, 4) is 0 Å². The van der Waals surface area contributed by atoms with Gasteiger partial charge in [-0.05, 0) is 23.5 Å². The molecule has 2 aliphatic rings. The molecule has 8 amide bonds. The summed E-state index contributed by atoms with van der Waals surface area (Å²) in [7, 11) is 0. The second-order valence-electron chi connectivity index (χ2n) is 15.2. The van der Waals surface area contributed by atoms with Crippen LogP contribution in [0.5, 0.6) is 0 Å². The summed E-state index contributed by atoms with van der Waals surface area (Å²) in [5.74, 6) is -7.89. The number of aliphatic hydroxyl groups is 1. The minimum absolute atomic E-state index is 0.232. The summed E-state index contributed by atoms with van der Waals surface area (Å²) in [6, 6.07) is -1.07. The number of para-hydroxylation sites is 1. The van der Waals surface area contributed by atoms with Gasteiger partial charge in [0.15, 0.2) is 0 Å². The zero-order chi connectivity index (χ0) is 45.0. The lowest BCUT2D eigenvalue weighted by Crippen LogP contribution is -2.61. The zero-order valence-corrected chi connectivity index (χ0v) is 35.3. The van der Waals surface area contributed by atoms with E-state index in [1.54, 1.807) is 45.0 Å². The van der Waals surface area contributed by atoms with Gasteiger partial charge in [0.25, 0.3) is 0 Å². The van der Waals surface area contributed by atoms with E-state index in [4.69, 9.17) is 5.73 Å². The summed E-state index contributed by atoms with van der Waals surface area (Å²) in [6.45, 7) is 5.22. The highest BCUT2D eigenvalue weighted by Gasteiger charge is 2.44. The summed E-state index contributed by atoms with van der Waals surface area (Å²) in [5, 5.41) is 39.8. The maximum atomic E-state index is 14.2. The van der Waals surface area contributed by atoms with Crippen LogP contribution in [-0.4, -0.2) is 148 Å². The van der Waals surface area contributed by atoms with Crippen LogP contribution in [0.2, 0.25) is 0 Å². The number of aliphatic carboxylic acids is 1. The van der Waals surface area contributed by atoms with E-state index >= 15 is 0 Å². The lowest BCUT2D eigenvalue weighted by Gasteiger charge is -2.31. The highest BCUT2D eigenvalue weighted by atomic mass is 32.2. The molecule has 2 aliphatic heterocycles. The Morgan fingerprint density at radius 3 is 2.38 bits per heavy atom. The average molecular weight is 873 g/mol. The van der Waals surface area contributed by atoms with E-state index in [9.17, 15) is 53.4 Å². The van der Waals surface area contributed by atoms with E-state index in [0.29, 0.717) is 40.7 Å². The normalized spacial score (nSPS) is 24.3. The number of aromatic nitrogens is 1. The second-order valence-corrected chi connectivity index (χ2v) is 16.3. The summed E-state index contributed by atoms with van der Waals surface area (Å²) >= 11 is 1.03. The number of fused-ring (bicyclic) bond motifs is 4. The Hall–Kier alpha value is -5.74. The fraction of sp³-hybridized carbons (Fsp3) is 0.564. The van der Waals surface area contributed by atoms with E-state index in [1.165, 1.54) is 0 Å². The van der Waals surface area contributed by atoms with Crippen LogP contribution in [-0.2, 0) is 49.6 Å². The number of carbonyl (C=O) groups is 9. The number of amides is 8. The van der Waals surface area contributed by atoms with Crippen LogP contribution in [0, 0.1) is 11.8 Å². The molecule has 3 heterocycles. The van der Waals surface area contributed by atoms with Gasteiger partial charge in [-0.3, -0.25) is 38.4 Å². The number of H-pyrrole nitrogens is 1. The number of carbonyl (C=O) groups excluding carboxylic acids is 8. The number of aromatic amines is 1.